The number of anilines is 2. The largest absolute Gasteiger partial charge is 0.307 e. The van der Waals surface area contributed by atoms with Crippen molar-refractivity contribution in [1.82, 2.24) is 0 Å². The molecule has 0 aliphatic carbocycles. The molecule has 0 aromatic heterocycles. The van der Waals surface area contributed by atoms with Gasteiger partial charge in [0, 0.05) is 24.3 Å². The molecular weight excluding hydrogens is 324 g/mol. The van der Waals surface area contributed by atoms with Crippen LogP contribution >= 0.6 is 0 Å². The minimum absolute atomic E-state index is 0.0452. The van der Waals surface area contributed by atoms with E-state index in [1.165, 1.54) is 12.5 Å². The van der Waals surface area contributed by atoms with Crippen molar-refractivity contribution in [2.75, 3.05) is 16.3 Å². The molecule has 0 fully saturated rings. The van der Waals surface area contributed by atoms with E-state index in [2.05, 4.69) is 26.8 Å². The number of benzene rings is 2. The van der Waals surface area contributed by atoms with Crippen LogP contribution in [0.2, 0.25) is 0 Å². The maximum Gasteiger partial charge on any atom is 0.247 e. The highest BCUT2D eigenvalue weighted by Crippen LogP contribution is 2.33. The van der Waals surface area contributed by atoms with Crippen LogP contribution in [0, 0.1) is 0 Å². The van der Waals surface area contributed by atoms with Crippen molar-refractivity contribution >= 4 is 23.2 Å². The molecule has 1 aliphatic heterocycles. The molecule has 0 N–H and O–H groups in total. The van der Waals surface area contributed by atoms with E-state index in [4.69, 9.17) is 0 Å². The zero-order valence-corrected chi connectivity index (χ0v) is 15.9. The highest BCUT2D eigenvalue weighted by Gasteiger charge is 2.32. The smallest absolute Gasteiger partial charge is 0.247 e. The molecule has 4 heteroatoms. The summed E-state index contributed by atoms with van der Waals surface area (Å²) in [5.41, 5.74) is 4.05. The Kier molecular flexibility index (Phi) is 5.12. The van der Waals surface area contributed by atoms with Gasteiger partial charge < -0.3 is 9.80 Å². The van der Waals surface area contributed by atoms with Gasteiger partial charge in [0.1, 0.15) is 6.54 Å². The summed E-state index contributed by atoms with van der Waals surface area (Å²) in [6.07, 6.45) is 0.852. The van der Waals surface area contributed by atoms with Crippen molar-refractivity contribution in [3.8, 4) is 0 Å². The summed E-state index contributed by atoms with van der Waals surface area (Å²) < 4.78 is 0. The lowest BCUT2D eigenvalue weighted by Crippen LogP contribution is -2.45. The zero-order valence-electron chi connectivity index (χ0n) is 15.9. The average Bonchev–Trinajstić information content (AvgIpc) is 2.95. The molecule has 0 saturated carbocycles. The maximum atomic E-state index is 13.1. The fourth-order valence-corrected chi connectivity index (χ4v) is 3.74. The minimum Gasteiger partial charge on any atom is -0.307 e. The van der Waals surface area contributed by atoms with Crippen molar-refractivity contribution < 1.29 is 9.59 Å². The minimum atomic E-state index is -0.119. The summed E-state index contributed by atoms with van der Waals surface area (Å²) in [6.45, 7) is 7.82. The summed E-state index contributed by atoms with van der Waals surface area (Å²) in [6, 6.07) is 15.9. The summed E-state index contributed by atoms with van der Waals surface area (Å²) in [4.78, 5) is 28.9. The Balaban J connectivity index is 1.90. The molecule has 2 aromatic carbocycles. The number of hydrogen-bond acceptors (Lipinski definition) is 2. The van der Waals surface area contributed by atoms with E-state index < -0.39 is 0 Å². The first-order chi connectivity index (χ1) is 12.4. The molecule has 26 heavy (non-hydrogen) atoms. The van der Waals surface area contributed by atoms with Crippen molar-refractivity contribution in [3.05, 3.63) is 59.7 Å². The van der Waals surface area contributed by atoms with Gasteiger partial charge in [0.2, 0.25) is 11.8 Å². The van der Waals surface area contributed by atoms with Crippen LogP contribution in [0.15, 0.2) is 48.5 Å². The number of nitrogens with zero attached hydrogens (tertiary/aromatic N) is 2. The van der Waals surface area contributed by atoms with Crippen LogP contribution in [0.5, 0.6) is 0 Å². The normalized spacial score (nSPS) is 15.9. The van der Waals surface area contributed by atoms with Crippen LogP contribution in [0.3, 0.4) is 0 Å². The monoisotopic (exact) mass is 350 g/mol. The topological polar surface area (TPSA) is 40.6 Å². The van der Waals surface area contributed by atoms with Gasteiger partial charge in [0.05, 0.1) is 0 Å². The van der Waals surface area contributed by atoms with Gasteiger partial charge >= 0.3 is 0 Å². The maximum absolute atomic E-state index is 13.1. The third-order valence-corrected chi connectivity index (χ3v) is 5.00. The second kappa shape index (κ2) is 7.32. The third kappa shape index (κ3) is 3.36. The predicted molar refractivity (Wildman–Crippen MR) is 106 cm³/mol. The van der Waals surface area contributed by atoms with Gasteiger partial charge in [-0.05, 0) is 42.5 Å². The first-order valence-corrected chi connectivity index (χ1v) is 9.17. The van der Waals surface area contributed by atoms with Crippen LogP contribution in [-0.2, 0) is 16.0 Å². The first-order valence-electron chi connectivity index (χ1n) is 9.17. The molecule has 2 aromatic rings. The Labute approximate surface area is 155 Å². The third-order valence-electron chi connectivity index (χ3n) is 5.00. The van der Waals surface area contributed by atoms with Crippen molar-refractivity contribution in [3.63, 3.8) is 0 Å². The molecular formula is C22H26N2O2. The van der Waals surface area contributed by atoms with Crippen molar-refractivity contribution in [1.29, 1.82) is 0 Å². The van der Waals surface area contributed by atoms with E-state index in [0.29, 0.717) is 0 Å². The number of fused-ring (bicyclic) bond motifs is 1. The second-order valence-corrected chi connectivity index (χ2v) is 7.26. The quantitative estimate of drug-likeness (QED) is 0.831. The second-order valence-electron chi connectivity index (χ2n) is 7.26. The molecule has 0 saturated heterocycles. The van der Waals surface area contributed by atoms with E-state index in [-0.39, 0.29) is 30.3 Å². The number of para-hydroxylation sites is 2. The lowest BCUT2D eigenvalue weighted by atomic mass is 10.0. The molecule has 2 amide bonds. The number of hydrogen-bond donors (Lipinski definition) is 0. The summed E-state index contributed by atoms with van der Waals surface area (Å²) in [5, 5.41) is 0. The summed E-state index contributed by atoms with van der Waals surface area (Å²) in [7, 11) is 0. The molecule has 1 aliphatic rings. The molecule has 1 heterocycles. The average molecular weight is 350 g/mol. The van der Waals surface area contributed by atoms with Crippen LogP contribution in [-0.4, -0.2) is 24.4 Å². The number of carbonyl (C=O) groups is 2. The Morgan fingerprint density at radius 2 is 1.77 bits per heavy atom. The van der Waals surface area contributed by atoms with Gasteiger partial charge in [-0.3, -0.25) is 9.59 Å². The van der Waals surface area contributed by atoms with E-state index in [9.17, 15) is 9.59 Å². The molecule has 136 valence electrons. The Morgan fingerprint density at radius 3 is 2.46 bits per heavy atom. The Bertz CT molecular complexity index is 828. The first kappa shape index (κ1) is 18.2. The van der Waals surface area contributed by atoms with Gasteiger partial charge in [0.15, 0.2) is 0 Å². The van der Waals surface area contributed by atoms with Gasteiger partial charge in [-0.15, -0.1) is 0 Å². The highest BCUT2D eigenvalue weighted by molar-refractivity contribution is 6.04. The molecule has 1 atom stereocenters. The van der Waals surface area contributed by atoms with Crippen molar-refractivity contribution in [2.45, 2.75) is 46.1 Å². The molecule has 4 nitrogen and oxygen atoms in total. The van der Waals surface area contributed by atoms with Crippen LogP contribution in [0.1, 0.15) is 44.7 Å². The summed E-state index contributed by atoms with van der Waals surface area (Å²) in [5.74, 6) is 0.109. The van der Waals surface area contributed by atoms with E-state index in [1.807, 2.05) is 47.4 Å². The number of rotatable bonds is 4. The van der Waals surface area contributed by atoms with Gasteiger partial charge in [-0.1, -0.05) is 50.2 Å². The molecule has 3 rings (SSSR count). The molecule has 0 spiro atoms. The van der Waals surface area contributed by atoms with E-state index in [1.54, 1.807) is 4.90 Å². The number of amides is 2. The SMILES string of the molecule is CC(=O)N(CC(=O)N1c2ccccc2CC1C)c1ccccc1C(C)C. The fraction of sp³-hybridized carbons (Fsp3) is 0.364. The Morgan fingerprint density at radius 1 is 1.12 bits per heavy atom. The standard InChI is InChI=1S/C22H26N2O2/c1-15(2)19-10-6-8-12-21(19)23(17(4)25)14-22(26)24-16(3)13-18-9-5-7-11-20(18)24/h5-12,15-16H,13-14H2,1-4H3. The van der Waals surface area contributed by atoms with Gasteiger partial charge in [-0.25, -0.2) is 0 Å². The van der Waals surface area contributed by atoms with Crippen LogP contribution < -0.4 is 9.80 Å². The Hall–Kier alpha value is -2.62. The molecule has 0 radical (unpaired) electrons. The predicted octanol–water partition coefficient (Wildman–Crippen LogP) is 4.14. The van der Waals surface area contributed by atoms with Crippen molar-refractivity contribution in [2.24, 2.45) is 0 Å². The molecule has 1 unspecified atom stereocenters. The highest BCUT2D eigenvalue weighted by atomic mass is 16.2. The van der Waals surface area contributed by atoms with Crippen LogP contribution in [0.4, 0.5) is 11.4 Å². The zero-order chi connectivity index (χ0) is 18.8. The van der Waals surface area contributed by atoms with Crippen LogP contribution in [0.25, 0.3) is 0 Å². The fourth-order valence-electron chi connectivity index (χ4n) is 3.74. The lowest BCUT2D eigenvalue weighted by Gasteiger charge is -2.29. The summed E-state index contributed by atoms with van der Waals surface area (Å²) >= 11 is 0. The van der Waals surface area contributed by atoms with E-state index >= 15 is 0 Å². The van der Waals surface area contributed by atoms with Gasteiger partial charge in [0.25, 0.3) is 0 Å². The van der Waals surface area contributed by atoms with Gasteiger partial charge in [-0.2, -0.15) is 0 Å². The lowest BCUT2D eigenvalue weighted by molar-refractivity contribution is -0.121. The number of carbonyl (C=O) groups excluding carboxylic acids is 2. The van der Waals surface area contributed by atoms with E-state index in [0.717, 1.165) is 23.4 Å². The molecule has 0 bridgehead atoms.